The Morgan fingerprint density at radius 2 is 2.25 bits per heavy atom. The molecular formula is C14H21ClN4O. The number of aromatic nitrogens is 3. The Labute approximate surface area is 125 Å². The van der Waals surface area contributed by atoms with Gasteiger partial charge in [-0.3, -0.25) is 0 Å². The van der Waals surface area contributed by atoms with Crippen molar-refractivity contribution in [1.82, 2.24) is 14.6 Å². The van der Waals surface area contributed by atoms with E-state index in [0.29, 0.717) is 6.54 Å². The number of imidazole rings is 1. The maximum atomic E-state index is 8.80. The van der Waals surface area contributed by atoms with Crippen LogP contribution in [0.4, 0.5) is 5.82 Å². The highest BCUT2D eigenvalue weighted by Crippen LogP contribution is 2.11. The number of unbranched alkanes of at least 4 members (excludes halogenated alkanes) is 2. The van der Waals surface area contributed by atoms with Crippen LogP contribution in [0.5, 0.6) is 0 Å². The van der Waals surface area contributed by atoms with Crippen molar-refractivity contribution in [1.29, 1.82) is 0 Å². The molecule has 110 valence electrons. The average Bonchev–Trinajstić information content (AvgIpc) is 2.84. The van der Waals surface area contributed by atoms with Crippen molar-refractivity contribution < 1.29 is 5.11 Å². The molecule has 2 rings (SSSR count). The molecule has 0 bridgehead atoms. The minimum Gasteiger partial charge on any atom is -0.395 e. The van der Waals surface area contributed by atoms with Crippen molar-refractivity contribution >= 4 is 29.9 Å². The van der Waals surface area contributed by atoms with Crippen LogP contribution in [0.25, 0.3) is 11.7 Å². The lowest BCUT2D eigenvalue weighted by atomic mass is 10.2. The molecule has 0 atom stereocenters. The van der Waals surface area contributed by atoms with Gasteiger partial charge in [0.05, 0.1) is 18.5 Å². The van der Waals surface area contributed by atoms with Gasteiger partial charge in [0.15, 0.2) is 5.65 Å². The Bertz CT molecular complexity index is 553. The molecule has 0 spiro atoms. The summed E-state index contributed by atoms with van der Waals surface area (Å²) in [5.74, 6) is 0.739. The normalized spacial score (nSPS) is 10.9. The van der Waals surface area contributed by atoms with Crippen LogP contribution >= 0.6 is 12.4 Å². The number of hydrogen-bond acceptors (Lipinski definition) is 4. The first-order valence-corrected chi connectivity index (χ1v) is 6.71. The van der Waals surface area contributed by atoms with Crippen LogP contribution in [0.2, 0.25) is 0 Å². The summed E-state index contributed by atoms with van der Waals surface area (Å²) in [6.45, 7) is 2.77. The number of fused-ring (bicyclic) bond motifs is 1. The van der Waals surface area contributed by atoms with Gasteiger partial charge in [-0.15, -0.1) is 17.5 Å². The zero-order valence-electron chi connectivity index (χ0n) is 11.6. The van der Waals surface area contributed by atoms with Gasteiger partial charge in [0.1, 0.15) is 5.82 Å². The fraction of sp³-hybridized carbons (Fsp3) is 0.429. The number of halogens is 1. The predicted molar refractivity (Wildman–Crippen MR) is 84.4 cm³/mol. The van der Waals surface area contributed by atoms with Gasteiger partial charge in [0, 0.05) is 6.54 Å². The van der Waals surface area contributed by atoms with Crippen molar-refractivity contribution in [2.75, 3.05) is 18.5 Å². The molecule has 0 radical (unpaired) electrons. The fourth-order valence-corrected chi connectivity index (χ4v) is 1.81. The van der Waals surface area contributed by atoms with E-state index in [1.54, 1.807) is 0 Å². The zero-order valence-corrected chi connectivity index (χ0v) is 12.4. The topological polar surface area (TPSA) is 62.5 Å². The van der Waals surface area contributed by atoms with E-state index in [9.17, 15) is 0 Å². The van der Waals surface area contributed by atoms with E-state index in [1.165, 1.54) is 12.8 Å². The van der Waals surface area contributed by atoms with E-state index in [2.05, 4.69) is 34.5 Å². The molecule has 0 saturated heterocycles. The van der Waals surface area contributed by atoms with Crippen LogP contribution in [-0.2, 0) is 0 Å². The van der Waals surface area contributed by atoms with Crippen LogP contribution in [0, 0.1) is 0 Å². The lowest BCUT2D eigenvalue weighted by Crippen LogP contribution is -2.08. The van der Waals surface area contributed by atoms with Gasteiger partial charge in [-0.1, -0.05) is 25.8 Å². The second-order valence-corrected chi connectivity index (χ2v) is 4.37. The Kier molecular flexibility index (Phi) is 7.04. The quantitative estimate of drug-likeness (QED) is 0.771. The minimum absolute atomic E-state index is 0. The summed E-state index contributed by atoms with van der Waals surface area (Å²) in [4.78, 5) is 4.31. The van der Waals surface area contributed by atoms with Crippen molar-refractivity contribution in [2.45, 2.75) is 26.2 Å². The first-order chi connectivity index (χ1) is 9.35. The predicted octanol–water partition coefficient (Wildman–Crippen LogP) is 2.76. The first kappa shape index (κ1) is 16.5. The molecule has 20 heavy (non-hydrogen) atoms. The molecule has 6 heteroatoms. The molecule has 0 fully saturated rings. The van der Waals surface area contributed by atoms with Gasteiger partial charge < -0.3 is 10.4 Å². The number of rotatable bonds is 7. The van der Waals surface area contributed by atoms with Crippen molar-refractivity contribution in [3.63, 3.8) is 0 Å². The van der Waals surface area contributed by atoms with Gasteiger partial charge in [0.25, 0.3) is 0 Å². The molecule has 0 unspecified atom stereocenters. The number of allylic oxidation sites excluding steroid dienone is 1. The van der Waals surface area contributed by atoms with Gasteiger partial charge in [-0.2, -0.15) is 0 Å². The lowest BCUT2D eigenvalue weighted by molar-refractivity contribution is 0.311. The van der Waals surface area contributed by atoms with Gasteiger partial charge >= 0.3 is 0 Å². The molecule has 0 aliphatic carbocycles. The van der Waals surface area contributed by atoms with Gasteiger partial charge in [0.2, 0.25) is 0 Å². The summed E-state index contributed by atoms with van der Waals surface area (Å²) in [6, 6.07) is 3.78. The molecule has 0 aliphatic heterocycles. The van der Waals surface area contributed by atoms with Crippen molar-refractivity contribution in [3.05, 3.63) is 30.1 Å². The number of aliphatic hydroxyl groups is 1. The van der Waals surface area contributed by atoms with Gasteiger partial charge in [-0.05, 0) is 24.6 Å². The SMILES string of the molecule is CCCC/C=C/c1cnc2ccc(NCCO)nn12.Cl. The molecule has 2 aromatic heterocycles. The monoisotopic (exact) mass is 296 g/mol. The number of aliphatic hydroxyl groups excluding tert-OH is 1. The number of nitrogens with zero attached hydrogens (tertiary/aromatic N) is 3. The molecular weight excluding hydrogens is 276 g/mol. The number of anilines is 1. The van der Waals surface area contributed by atoms with Gasteiger partial charge in [-0.25, -0.2) is 9.50 Å². The summed E-state index contributed by atoms with van der Waals surface area (Å²) in [5, 5.41) is 16.3. The smallest absolute Gasteiger partial charge is 0.154 e. The average molecular weight is 297 g/mol. The Morgan fingerprint density at radius 1 is 1.40 bits per heavy atom. The standard InChI is InChI=1S/C14H20N4O.ClH/c1-2-3-4-5-6-12-11-16-14-8-7-13(15-9-10-19)17-18(12)14;/h5-8,11,19H,2-4,9-10H2,1H3,(H,15,17);1H/b6-5+;. The highest BCUT2D eigenvalue weighted by Gasteiger charge is 2.02. The highest BCUT2D eigenvalue weighted by molar-refractivity contribution is 5.85. The van der Waals surface area contributed by atoms with Crippen molar-refractivity contribution in [2.24, 2.45) is 0 Å². The third-order valence-corrected chi connectivity index (χ3v) is 2.82. The third kappa shape index (κ3) is 4.21. The molecule has 0 amide bonds. The van der Waals surface area contributed by atoms with E-state index in [1.807, 2.05) is 22.8 Å². The molecule has 0 aliphatic rings. The van der Waals surface area contributed by atoms with Crippen LogP contribution in [0.1, 0.15) is 31.9 Å². The summed E-state index contributed by atoms with van der Waals surface area (Å²) in [5.41, 5.74) is 1.79. The molecule has 5 nitrogen and oxygen atoms in total. The third-order valence-electron chi connectivity index (χ3n) is 2.82. The van der Waals surface area contributed by atoms with E-state index in [4.69, 9.17) is 5.11 Å². The number of nitrogens with one attached hydrogen (secondary N) is 1. The number of hydrogen-bond donors (Lipinski definition) is 2. The Morgan fingerprint density at radius 3 is 3.00 bits per heavy atom. The largest absolute Gasteiger partial charge is 0.395 e. The molecule has 2 heterocycles. The van der Waals surface area contributed by atoms with E-state index in [0.717, 1.165) is 23.6 Å². The summed E-state index contributed by atoms with van der Waals surface area (Å²) < 4.78 is 1.81. The molecule has 0 saturated carbocycles. The van der Waals surface area contributed by atoms with E-state index >= 15 is 0 Å². The van der Waals surface area contributed by atoms with E-state index < -0.39 is 0 Å². The second kappa shape index (κ2) is 8.55. The molecule has 2 N–H and O–H groups in total. The molecule has 0 aromatic carbocycles. The van der Waals surface area contributed by atoms with Crippen LogP contribution < -0.4 is 5.32 Å². The maximum absolute atomic E-state index is 8.80. The van der Waals surface area contributed by atoms with Crippen LogP contribution in [0.3, 0.4) is 0 Å². The molecule has 2 aromatic rings. The zero-order chi connectivity index (χ0) is 13.5. The maximum Gasteiger partial charge on any atom is 0.154 e. The summed E-state index contributed by atoms with van der Waals surface area (Å²) in [7, 11) is 0. The van der Waals surface area contributed by atoms with Crippen LogP contribution in [-0.4, -0.2) is 32.9 Å². The van der Waals surface area contributed by atoms with Crippen LogP contribution in [0.15, 0.2) is 24.4 Å². The van der Waals surface area contributed by atoms with Crippen molar-refractivity contribution in [3.8, 4) is 0 Å². The highest BCUT2D eigenvalue weighted by atomic mass is 35.5. The fourth-order valence-electron chi connectivity index (χ4n) is 1.81. The summed E-state index contributed by atoms with van der Waals surface area (Å²) >= 11 is 0. The Hall–Kier alpha value is -1.59. The first-order valence-electron chi connectivity index (χ1n) is 6.71. The lowest BCUT2D eigenvalue weighted by Gasteiger charge is -2.04. The summed E-state index contributed by atoms with van der Waals surface area (Å²) in [6.07, 6.45) is 9.50. The Balaban J connectivity index is 0.00000200. The van der Waals surface area contributed by atoms with E-state index in [-0.39, 0.29) is 19.0 Å². The minimum atomic E-state index is 0. The second-order valence-electron chi connectivity index (χ2n) is 4.37.